The second kappa shape index (κ2) is 15.7. The Hall–Kier alpha value is 1.06. The van der Waals surface area contributed by atoms with Gasteiger partial charge in [-0.2, -0.15) is 13.3 Å². The Morgan fingerprint density at radius 2 is 1.62 bits per heavy atom. The fourth-order valence-corrected chi connectivity index (χ4v) is 0. The van der Waals surface area contributed by atoms with Crippen LogP contribution in [0.5, 0.6) is 0 Å². The van der Waals surface area contributed by atoms with Gasteiger partial charge in [0.2, 0.25) is 0 Å². The Balaban J connectivity index is -0.0000000750. The summed E-state index contributed by atoms with van der Waals surface area (Å²) >= 11 is 0. The van der Waals surface area contributed by atoms with E-state index in [0.717, 1.165) is 0 Å². The molecule has 1 N–H and O–H groups in total. The summed E-state index contributed by atoms with van der Waals surface area (Å²) < 4.78 is 0. The quantitative estimate of drug-likeness (QED) is 0.621. The Kier molecular flexibility index (Phi) is 31.4. The largest absolute Gasteiger partial charge is 0.396 e. The topological polar surface area (TPSA) is 20.2 Å². The average Bonchev–Trinajstić information content (AvgIpc) is 1.73. The SMILES string of the molecule is [CH2-]C.[CH2-]CC(C)O.[Y]. The summed E-state index contributed by atoms with van der Waals surface area (Å²) in [7, 11) is 0. The molecule has 0 aromatic rings. The molecule has 1 unspecified atom stereocenters. The van der Waals surface area contributed by atoms with Gasteiger partial charge in [-0.05, 0) is 6.92 Å². The zero-order valence-electron chi connectivity index (χ0n) is 5.72. The van der Waals surface area contributed by atoms with Gasteiger partial charge < -0.3 is 19.0 Å². The molecule has 49 valence electrons. The Bertz CT molecular complexity index is 22.5. The minimum absolute atomic E-state index is 0. The van der Waals surface area contributed by atoms with E-state index in [1.807, 2.05) is 0 Å². The predicted octanol–water partition coefficient (Wildman–Crippen LogP) is 1.43. The molecule has 0 fully saturated rings. The van der Waals surface area contributed by atoms with E-state index in [-0.39, 0.29) is 38.8 Å². The first-order chi connectivity index (χ1) is 3.27. The summed E-state index contributed by atoms with van der Waals surface area (Å²) in [6, 6.07) is 0. The molecular formula is C6H14OY-2. The van der Waals surface area contributed by atoms with Gasteiger partial charge in [0.25, 0.3) is 0 Å². The third-order valence-electron chi connectivity index (χ3n) is 0.418. The summed E-state index contributed by atoms with van der Waals surface area (Å²) in [5.41, 5.74) is 0. The monoisotopic (exact) mass is 191 g/mol. The van der Waals surface area contributed by atoms with Crippen molar-refractivity contribution in [2.45, 2.75) is 26.4 Å². The molecule has 0 amide bonds. The van der Waals surface area contributed by atoms with Crippen LogP contribution in [0, 0.1) is 13.8 Å². The summed E-state index contributed by atoms with van der Waals surface area (Å²) in [5, 5.41) is 8.30. The van der Waals surface area contributed by atoms with Crippen LogP contribution in [0.4, 0.5) is 0 Å². The molecule has 0 aliphatic heterocycles. The molecule has 0 saturated heterocycles. The number of aliphatic hydroxyl groups excluding tert-OH is 1. The predicted molar refractivity (Wildman–Crippen MR) is 32.7 cm³/mol. The van der Waals surface area contributed by atoms with Gasteiger partial charge in [0.1, 0.15) is 0 Å². The van der Waals surface area contributed by atoms with Gasteiger partial charge >= 0.3 is 0 Å². The van der Waals surface area contributed by atoms with Crippen molar-refractivity contribution in [1.29, 1.82) is 0 Å². The maximum absolute atomic E-state index is 8.30. The second-order valence-electron chi connectivity index (χ2n) is 1.14. The van der Waals surface area contributed by atoms with Crippen LogP contribution >= 0.6 is 0 Å². The first kappa shape index (κ1) is 16.0. The summed E-state index contributed by atoms with van der Waals surface area (Å²) in [4.78, 5) is 0. The molecule has 1 atom stereocenters. The van der Waals surface area contributed by atoms with Crippen molar-refractivity contribution in [3.05, 3.63) is 13.8 Å². The molecule has 0 rings (SSSR count). The van der Waals surface area contributed by atoms with Crippen LogP contribution in [-0.2, 0) is 32.7 Å². The first-order valence-electron chi connectivity index (χ1n) is 2.45. The second-order valence-corrected chi connectivity index (χ2v) is 1.14. The average molecular weight is 191 g/mol. The van der Waals surface area contributed by atoms with Crippen LogP contribution in [0.2, 0.25) is 0 Å². The van der Waals surface area contributed by atoms with Crippen LogP contribution in [0.15, 0.2) is 0 Å². The van der Waals surface area contributed by atoms with Crippen molar-refractivity contribution in [1.82, 2.24) is 0 Å². The van der Waals surface area contributed by atoms with E-state index >= 15 is 0 Å². The third kappa shape index (κ3) is 27.7. The van der Waals surface area contributed by atoms with Crippen LogP contribution < -0.4 is 0 Å². The van der Waals surface area contributed by atoms with Gasteiger partial charge in [-0.15, -0.1) is 0 Å². The summed E-state index contributed by atoms with van der Waals surface area (Å²) in [6.45, 7) is 10.2. The van der Waals surface area contributed by atoms with Crippen LogP contribution in [0.25, 0.3) is 0 Å². The maximum Gasteiger partial charge on any atom is 0.0241 e. The smallest absolute Gasteiger partial charge is 0.0241 e. The van der Waals surface area contributed by atoms with Gasteiger partial charge in [-0.1, -0.05) is 0 Å². The Morgan fingerprint density at radius 3 is 1.62 bits per heavy atom. The van der Waals surface area contributed by atoms with E-state index in [1.165, 1.54) is 0 Å². The minimum atomic E-state index is -0.227. The molecule has 0 aromatic carbocycles. The molecule has 0 heterocycles. The fraction of sp³-hybridized carbons (Fsp3) is 0.667. The van der Waals surface area contributed by atoms with Gasteiger partial charge in [0.05, 0.1) is 0 Å². The van der Waals surface area contributed by atoms with E-state index in [9.17, 15) is 0 Å². The van der Waals surface area contributed by atoms with Gasteiger partial charge in [-0.25, -0.2) is 0 Å². The van der Waals surface area contributed by atoms with Crippen molar-refractivity contribution in [2.24, 2.45) is 0 Å². The zero-order chi connectivity index (χ0) is 6.28. The Morgan fingerprint density at radius 1 is 1.50 bits per heavy atom. The van der Waals surface area contributed by atoms with Crippen molar-refractivity contribution in [2.75, 3.05) is 0 Å². The van der Waals surface area contributed by atoms with Gasteiger partial charge in [0, 0.05) is 38.8 Å². The third-order valence-corrected chi connectivity index (χ3v) is 0.418. The molecule has 0 bridgehead atoms. The summed E-state index contributed by atoms with van der Waals surface area (Å²) in [5.74, 6) is 0. The van der Waals surface area contributed by atoms with Crippen LogP contribution in [0.3, 0.4) is 0 Å². The molecule has 1 radical (unpaired) electrons. The van der Waals surface area contributed by atoms with Crippen molar-refractivity contribution >= 4 is 0 Å². The van der Waals surface area contributed by atoms with Crippen molar-refractivity contribution in [3.8, 4) is 0 Å². The minimum Gasteiger partial charge on any atom is -0.396 e. The molecule has 1 nitrogen and oxygen atoms in total. The van der Waals surface area contributed by atoms with E-state index in [1.54, 1.807) is 13.8 Å². The zero-order valence-corrected chi connectivity index (χ0v) is 8.56. The number of aliphatic hydroxyl groups is 1. The van der Waals surface area contributed by atoms with E-state index < -0.39 is 0 Å². The van der Waals surface area contributed by atoms with Gasteiger partial charge in [0.15, 0.2) is 0 Å². The van der Waals surface area contributed by atoms with Crippen molar-refractivity contribution in [3.63, 3.8) is 0 Å². The standard InChI is InChI=1S/C4H9O.C2H5.Y/c1-3-4(2)5;1-2;/h4-5H,1,3H2,2H3;1H2,2H3;/q2*-1;. The van der Waals surface area contributed by atoms with Crippen molar-refractivity contribution < 1.29 is 37.8 Å². The molecule has 0 aromatic heterocycles. The number of hydrogen-bond acceptors (Lipinski definition) is 1. The normalized spacial score (nSPS) is 10.1. The number of rotatable bonds is 1. The van der Waals surface area contributed by atoms with Crippen LogP contribution in [-0.4, -0.2) is 11.2 Å². The molecular weight excluding hydrogens is 177 g/mol. The molecule has 0 saturated carbocycles. The van der Waals surface area contributed by atoms with Gasteiger partial charge in [-0.3, -0.25) is 0 Å². The van der Waals surface area contributed by atoms with Crippen LogP contribution in [0.1, 0.15) is 20.3 Å². The van der Waals surface area contributed by atoms with E-state index in [0.29, 0.717) is 6.42 Å². The Labute approximate surface area is 77.7 Å². The molecule has 0 spiro atoms. The summed E-state index contributed by atoms with van der Waals surface area (Å²) in [6.07, 6.45) is 0.384. The first-order valence-corrected chi connectivity index (χ1v) is 2.45. The molecule has 8 heavy (non-hydrogen) atoms. The fourth-order valence-electron chi connectivity index (χ4n) is 0. The van der Waals surface area contributed by atoms with E-state index in [4.69, 9.17) is 5.11 Å². The molecule has 2 heteroatoms. The molecule has 0 aliphatic rings. The van der Waals surface area contributed by atoms with E-state index in [2.05, 4.69) is 13.8 Å². The number of hydrogen-bond donors (Lipinski definition) is 1. The molecule has 0 aliphatic carbocycles. The maximum atomic E-state index is 8.30.